The molecule has 2 heterocycles. The number of nitrogens with zero attached hydrogens (tertiary/aromatic N) is 1. The molecule has 2 aliphatic rings. The Bertz CT molecular complexity index is 733. The molecule has 0 aliphatic carbocycles. The minimum absolute atomic E-state index is 0.224. The highest BCUT2D eigenvalue weighted by Gasteiger charge is 2.48. The van der Waals surface area contributed by atoms with E-state index in [9.17, 15) is 0 Å². The summed E-state index contributed by atoms with van der Waals surface area (Å²) in [7, 11) is 2.21. The van der Waals surface area contributed by atoms with Gasteiger partial charge in [0.15, 0.2) is 0 Å². The lowest BCUT2D eigenvalue weighted by atomic mass is 9.90. The molecule has 1 fully saturated rings. The number of hydrogen-bond acceptors (Lipinski definition) is 2. The lowest BCUT2D eigenvalue weighted by Gasteiger charge is -2.24. The molecule has 114 valence electrons. The van der Waals surface area contributed by atoms with Crippen LogP contribution in [0.1, 0.15) is 28.4 Å². The van der Waals surface area contributed by atoms with Gasteiger partial charge in [-0.15, -0.1) is 11.8 Å². The molecule has 2 atom stereocenters. The van der Waals surface area contributed by atoms with Crippen molar-refractivity contribution in [2.24, 2.45) is 0 Å². The Morgan fingerprint density at radius 3 is 2.68 bits per heavy atom. The standard InChI is InChI=1S/C18H17Cl2NS/c1-21-9-8-18(11-21)14-5-3-2-4-13(14)17(22-18)12-6-7-15(19)16(20)10-12/h2-7,10,17H,8-9,11H2,1H3. The van der Waals surface area contributed by atoms with Crippen LogP contribution in [0.3, 0.4) is 0 Å². The van der Waals surface area contributed by atoms with Crippen LogP contribution in [0.5, 0.6) is 0 Å². The maximum absolute atomic E-state index is 6.24. The molecule has 2 aromatic carbocycles. The zero-order valence-corrected chi connectivity index (χ0v) is 14.7. The van der Waals surface area contributed by atoms with Crippen LogP contribution in [0, 0.1) is 0 Å². The van der Waals surface area contributed by atoms with E-state index in [-0.39, 0.29) is 4.75 Å². The van der Waals surface area contributed by atoms with Gasteiger partial charge in [0, 0.05) is 6.54 Å². The van der Waals surface area contributed by atoms with Crippen LogP contribution in [0.25, 0.3) is 0 Å². The van der Waals surface area contributed by atoms with E-state index in [1.807, 2.05) is 12.1 Å². The van der Waals surface area contributed by atoms with Crippen LogP contribution < -0.4 is 0 Å². The van der Waals surface area contributed by atoms with Gasteiger partial charge >= 0.3 is 0 Å². The largest absolute Gasteiger partial charge is 0.305 e. The fraction of sp³-hybridized carbons (Fsp3) is 0.333. The Labute approximate surface area is 145 Å². The van der Waals surface area contributed by atoms with E-state index in [4.69, 9.17) is 23.2 Å². The maximum atomic E-state index is 6.24. The highest BCUT2D eigenvalue weighted by atomic mass is 35.5. The number of likely N-dealkylation sites (tertiary alicyclic amines) is 1. The van der Waals surface area contributed by atoms with Crippen molar-refractivity contribution in [3.05, 3.63) is 69.2 Å². The first-order valence-electron chi connectivity index (χ1n) is 7.50. The quantitative estimate of drug-likeness (QED) is 0.681. The molecule has 1 nitrogen and oxygen atoms in total. The van der Waals surface area contributed by atoms with Crippen molar-refractivity contribution in [3.8, 4) is 0 Å². The molecular formula is C18H17Cl2NS. The SMILES string of the molecule is CN1CCC2(C1)SC(c1ccc(Cl)c(Cl)c1)c1ccccc12. The molecule has 1 saturated heterocycles. The van der Waals surface area contributed by atoms with Crippen molar-refractivity contribution < 1.29 is 0 Å². The predicted octanol–water partition coefficient (Wildman–Crippen LogP) is 5.36. The van der Waals surface area contributed by atoms with E-state index in [1.165, 1.54) is 23.1 Å². The minimum atomic E-state index is 0.224. The van der Waals surface area contributed by atoms with Gasteiger partial charge in [-0.2, -0.15) is 0 Å². The molecule has 2 aliphatic heterocycles. The molecule has 4 rings (SSSR count). The summed E-state index contributed by atoms with van der Waals surface area (Å²) in [4.78, 5) is 2.43. The van der Waals surface area contributed by atoms with Crippen LogP contribution in [-0.2, 0) is 4.75 Å². The number of benzene rings is 2. The van der Waals surface area contributed by atoms with Gasteiger partial charge in [-0.05, 0) is 48.8 Å². The van der Waals surface area contributed by atoms with E-state index in [0.717, 1.165) is 13.1 Å². The first-order chi connectivity index (χ1) is 10.6. The molecule has 0 saturated carbocycles. The number of thioether (sulfide) groups is 1. The molecule has 2 aromatic rings. The highest BCUT2D eigenvalue weighted by molar-refractivity contribution is 8.01. The zero-order valence-electron chi connectivity index (χ0n) is 12.4. The second kappa shape index (κ2) is 5.45. The van der Waals surface area contributed by atoms with Crippen molar-refractivity contribution in [3.63, 3.8) is 0 Å². The van der Waals surface area contributed by atoms with Crippen molar-refractivity contribution in [2.45, 2.75) is 16.4 Å². The third-order valence-corrected chi connectivity index (χ3v) is 7.25. The summed E-state index contributed by atoms with van der Waals surface area (Å²) < 4.78 is 0.224. The van der Waals surface area contributed by atoms with E-state index in [0.29, 0.717) is 15.3 Å². The summed E-state index contributed by atoms with van der Waals surface area (Å²) in [6.45, 7) is 2.28. The van der Waals surface area contributed by atoms with E-state index < -0.39 is 0 Å². The van der Waals surface area contributed by atoms with Gasteiger partial charge in [0.2, 0.25) is 0 Å². The second-order valence-electron chi connectivity index (χ2n) is 6.24. The lowest BCUT2D eigenvalue weighted by molar-refractivity contribution is 0.406. The zero-order chi connectivity index (χ0) is 15.3. The van der Waals surface area contributed by atoms with Gasteiger partial charge in [0.25, 0.3) is 0 Å². The summed E-state index contributed by atoms with van der Waals surface area (Å²) in [6.07, 6.45) is 1.21. The summed E-state index contributed by atoms with van der Waals surface area (Å²) in [5, 5.41) is 1.61. The Hall–Kier alpha value is -0.670. The Kier molecular flexibility index (Phi) is 3.69. The van der Waals surface area contributed by atoms with Crippen molar-refractivity contribution in [2.75, 3.05) is 20.1 Å². The molecule has 0 radical (unpaired) electrons. The molecule has 1 spiro atoms. The summed E-state index contributed by atoms with van der Waals surface area (Å²) >= 11 is 14.4. The summed E-state index contributed by atoms with van der Waals surface area (Å²) in [5.41, 5.74) is 4.18. The van der Waals surface area contributed by atoms with Gasteiger partial charge in [-0.1, -0.05) is 53.5 Å². The van der Waals surface area contributed by atoms with E-state index >= 15 is 0 Å². The number of hydrogen-bond donors (Lipinski definition) is 0. The fourth-order valence-corrected chi connectivity index (χ4v) is 5.89. The first-order valence-corrected chi connectivity index (χ1v) is 9.13. The smallest absolute Gasteiger partial charge is 0.0595 e. The molecule has 0 amide bonds. The monoisotopic (exact) mass is 349 g/mol. The minimum Gasteiger partial charge on any atom is -0.305 e. The molecule has 22 heavy (non-hydrogen) atoms. The highest BCUT2D eigenvalue weighted by Crippen LogP contribution is 2.60. The Morgan fingerprint density at radius 2 is 1.95 bits per heavy atom. The molecule has 2 unspecified atom stereocenters. The third-order valence-electron chi connectivity index (χ3n) is 4.75. The van der Waals surface area contributed by atoms with Crippen molar-refractivity contribution >= 4 is 35.0 Å². The molecule has 0 aromatic heterocycles. The molecular weight excluding hydrogens is 333 g/mol. The maximum Gasteiger partial charge on any atom is 0.0595 e. The van der Waals surface area contributed by atoms with Gasteiger partial charge in [-0.25, -0.2) is 0 Å². The topological polar surface area (TPSA) is 3.24 Å². The second-order valence-corrected chi connectivity index (χ2v) is 8.54. The van der Waals surface area contributed by atoms with Crippen LogP contribution in [0.15, 0.2) is 42.5 Å². The van der Waals surface area contributed by atoms with Gasteiger partial charge in [0.1, 0.15) is 0 Å². The summed E-state index contributed by atoms with van der Waals surface area (Å²) in [5.74, 6) is 0. The van der Waals surface area contributed by atoms with Crippen LogP contribution in [0.2, 0.25) is 10.0 Å². The predicted molar refractivity (Wildman–Crippen MR) is 96.1 cm³/mol. The first kappa shape index (κ1) is 14.9. The fourth-order valence-electron chi connectivity index (χ4n) is 3.70. The Balaban J connectivity index is 1.81. The number of likely N-dealkylation sites (N-methyl/N-ethyl adjacent to an activating group) is 1. The molecule has 0 N–H and O–H groups in total. The van der Waals surface area contributed by atoms with E-state index in [1.54, 1.807) is 0 Å². The number of fused-ring (bicyclic) bond motifs is 2. The van der Waals surface area contributed by atoms with Crippen molar-refractivity contribution in [1.82, 2.24) is 4.90 Å². The lowest BCUT2D eigenvalue weighted by Crippen LogP contribution is -2.23. The van der Waals surface area contributed by atoms with Gasteiger partial charge < -0.3 is 4.90 Å². The van der Waals surface area contributed by atoms with Crippen LogP contribution in [-0.4, -0.2) is 25.0 Å². The van der Waals surface area contributed by atoms with Gasteiger partial charge in [-0.3, -0.25) is 0 Å². The van der Waals surface area contributed by atoms with Crippen LogP contribution >= 0.6 is 35.0 Å². The average molecular weight is 350 g/mol. The normalized spacial score (nSPS) is 27.5. The van der Waals surface area contributed by atoms with Crippen molar-refractivity contribution in [1.29, 1.82) is 0 Å². The number of halogens is 2. The summed E-state index contributed by atoms with van der Waals surface area (Å²) in [6, 6.07) is 14.9. The van der Waals surface area contributed by atoms with Crippen LogP contribution in [0.4, 0.5) is 0 Å². The third kappa shape index (κ3) is 2.28. The average Bonchev–Trinajstić information content (AvgIpc) is 3.05. The molecule has 4 heteroatoms. The van der Waals surface area contributed by atoms with Gasteiger partial charge in [0.05, 0.1) is 20.0 Å². The van der Waals surface area contributed by atoms with E-state index in [2.05, 4.69) is 54.0 Å². The Morgan fingerprint density at radius 1 is 1.14 bits per heavy atom. The number of rotatable bonds is 1. The molecule has 0 bridgehead atoms.